The summed E-state index contributed by atoms with van der Waals surface area (Å²) >= 11 is 0. The van der Waals surface area contributed by atoms with Crippen LogP contribution in [-0.2, 0) is 4.74 Å². The van der Waals surface area contributed by atoms with E-state index in [0.717, 1.165) is 25.7 Å². The zero-order valence-electron chi connectivity index (χ0n) is 11.6. The van der Waals surface area contributed by atoms with Gasteiger partial charge in [0, 0.05) is 18.7 Å². The fourth-order valence-electron chi connectivity index (χ4n) is 2.69. The number of carbonyl (C=O) groups is 1. The lowest BCUT2D eigenvalue weighted by Crippen LogP contribution is -2.44. The van der Waals surface area contributed by atoms with Gasteiger partial charge in [-0.05, 0) is 18.8 Å². The molecule has 2 atom stereocenters. The Morgan fingerprint density at radius 2 is 2.32 bits per heavy atom. The molecule has 0 bridgehead atoms. The first-order valence-corrected chi connectivity index (χ1v) is 7.07. The van der Waals surface area contributed by atoms with Gasteiger partial charge in [0.25, 0.3) is 5.91 Å². The molecule has 106 valence electrons. The minimum atomic E-state index is -0.163. The molecule has 1 amide bonds. The lowest BCUT2D eigenvalue weighted by atomic mass is 9.89. The molecule has 1 aromatic heterocycles. The van der Waals surface area contributed by atoms with Gasteiger partial charge in [-0.1, -0.05) is 31.8 Å². The average Bonchev–Trinajstić information content (AvgIpc) is 2.94. The monoisotopic (exact) mass is 266 g/mol. The van der Waals surface area contributed by atoms with E-state index in [1.54, 1.807) is 6.07 Å². The van der Waals surface area contributed by atoms with Crippen molar-refractivity contribution in [2.24, 2.45) is 5.92 Å². The second-order valence-corrected chi connectivity index (χ2v) is 5.07. The van der Waals surface area contributed by atoms with E-state index in [0.29, 0.717) is 18.2 Å². The minimum absolute atomic E-state index is 0.163. The van der Waals surface area contributed by atoms with E-state index in [1.807, 2.05) is 0 Å². The average molecular weight is 266 g/mol. The Balaban J connectivity index is 1.89. The van der Waals surface area contributed by atoms with Crippen molar-refractivity contribution in [1.29, 1.82) is 0 Å². The van der Waals surface area contributed by atoms with Gasteiger partial charge in [-0.25, -0.2) is 0 Å². The smallest absolute Gasteiger partial charge is 0.273 e. The van der Waals surface area contributed by atoms with E-state index in [-0.39, 0.29) is 18.1 Å². The zero-order valence-corrected chi connectivity index (χ0v) is 11.6. The first-order valence-electron chi connectivity index (χ1n) is 7.07. The number of ether oxygens (including phenoxy) is 1. The van der Waals surface area contributed by atoms with Gasteiger partial charge in [0.15, 0.2) is 5.69 Å². The van der Waals surface area contributed by atoms with Crippen LogP contribution in [-0.4, -0.2) is 29.8 Å². The molecule has 2 rings (SSSR count). The maximum Gasteiger partial charge on any atom is 0.273 e. The third-order valence-corrected chi connectivity index (χ3v) is 3.90. The number of hydrogen-bond donors (Lipinski definition) is 1. The fourth-order valence-corrected chi connectivity index (χ4v) is 2.69. The molecule has 5 nitrogen and oxygen atoms in total. The molecule has 1 saturated heterocycles. The molecule has 0 unspecified atom stereocenters. The van der Waals surface area contributed by atoms with Crippen molar-refractivity contribution in [3.63, 3.8) is 0 Å². The molecular weight excluding hydrogens is 244 g/mol. The highest BCUT2D eigenvalue weighted by Gasteiger charge is 2.28. The van der Waals surface area contributed by atoms with Crippen molar-refractivity contribution >= 4 is 5.91 Å². The Morgan fingerprint density at radius 3 is 2.95 bits per heavy atom. The van der Waals surface area contributed by atoms with Crippen LogP contribution in [0.1, 0.15) is 50.0 Å². The third-order valence-electron chi connectivity index (χ3n) is 3.90. The van der Waals surface area contributed by atoms with Gasteiger partial charge in [-0.15, -0.1) is 0 Å². The second-order valence-electron chi connectivity index (χ2n) is 5.07. The molecule has 19 heavy (non-hydrogen) atoms. The van der Waals surface area contributed by atoms with E-state index in [2.05, 4.69) is 28.8 Å². The SMILES string of the molecule is CCC(CC)[C@@H]1C[C@@H](NC(=O)c2ccon2)CCO1. The molecule has 2 heterocycles. The normalized spacial score (nSPS) is 23.5. The molecule has 1 N–H and O–H groups in total. The first kappa shape index (κ1) is 14.1. The predicted octanol–water partition coefficient (Wildman–Crippen LogP) is 2.39. The second kappa shape index (κ2) is 6.70. The summed E-state index contributed by atoms with van der Waals surface area (Å²) in [5.41, 5.74) is 0.338. The van der Waals surface area contributed by atoms with Crippen LogP contribution in [0.5, 0.6) is 0 Å². The molecule has 0 radical (unpaired) electrons. The highest BCUT2D eigenvalue weighted by Crippen LogP contribution is 2.25. The van der Waals surface area contributed by atoms with Crippen LogP contribution in [0.25, 0.3) is 0 Å². The van der Waals surface area contributed by atoms with Crippen LogP contribution in [0.15, 0.2) is 16.9 Å². The van der Waals surface area contributed by atoms with E-state index < -0.39 is 0 Å². The fraction of sp³-hybridized carbons (Fsp3) is 0.714. The van der Waals surface area contributed by atoms with Gasteiger partial charge >= 0.3 is 0 Å². The topological polar surface area (TPSA) is 64.4 Å². The van der Waals surface area contributed by atoms with Crippen molar-refractivity contribution in [3.05, 3.63) is 18.0 Å². The summed E-state index contributed by atoms with van der Waals surface area (Å²) in [5, 5.41) is 6.66. The molecule has 0 aromatic carbocycles. The molecular formula is C14H22N2O3. The van der Waals surface area contributed by atoms with Gasteiger partial charge in [0.2, 0.25) is 0 Å². The molecule has 1 aromatic rings. The molecule has 1 aliphatic rings. The van der Waals surface area contributed by atoms with Crippen LogP contribution >= 0.6 is 0 Å². The lowest BCUT2D eigenvalue weighted by molar-refractivity contribution is -0.0337. The lowest BCUT2D eigenvalue weighted by Gasteiger charge is -2.34. The minimum Gasteiger partial charge on any atom is -0.378 e. The number of amides is 1. The highest BCUT2D eigenvalue weighted by atomic mass is 16.5. The van der Waals surface area contributed by atoms with Gasteiger partial charge in [0.1, 0.15) is 6.26 Å². The molecule has 1 aliphatic heterocycles. The Morgan fingerprint density at radius 1 is 1.53 bits per heavy atom. The van der Waals surface area contributed by atoms with Crippen LogP contribution in [0.2, 0.25) is 0 Å². The largest absolute Gasteiger partial charge is 0.378 e. The summed E-state index contributed by atoms with van der Waals surface area (Å²) in [6, 6.07) is 1.75. The Kier molecular flexibility index (Phi) is 4.96. The van der Waals surface area contributed by atoms with Crippen molar-refractivity contribution in [3.8, 4) is 0 Å². The molecule has 0 aliphatic carbocycles. The maximum absolute atomic E-state index is 11.9. The quantitative estimate of drug-likeness (QED) is 0.888. The number of rotatable bonds is 5. The third kappa shape index (κ3) is 3.56. The standard InChI is InChI=1S/C14H22N2O3/c1-3-10(4-2)13-9-11(5-7-18-13)15-14(17)12-6-8-19-16-12/h6,8,10-11,13H,3-5,7,9H2,1-2H3,(H,15,17)/t11-,13-/m0/s1. The molecule has 0 spiro atoms. The Labute approximate surface area is 113 Å². The molecule has 5 heteroatoms. The molecule has 1 fully saturated rings. The van der Waals surface area contributed by atoms with E-state index in [1.165, 1.54) is 6.26 Å². The summed E-state index contributed by atoms with van der Waals surface area (Å²) in [7, 11) is 0. The van der Waals surface area contributed by atoms with Crippen LogP contribution in [0, 0.1) is 5.92 Å². The summed E-state index contributed by atoms with van der Waals surface area (Å²) < 4.78 is 10.5. The predicted molar refractivity (Wildman–Crippen MR) is 70.8 cm³/mol. The highest BCUT2D eigenvalue weighted by molar-refractivity contribution is 5.92. The number of nitrogens with zero attached hydrogens (tertiary/aromatic N) is 1. The summed E-state index contributed by atoms with van der Waals surface area (Å²) in [4.78, 5) is 11.9. The van der Waals surface area contributed by atoms with Crippen molar-refractivity contribution in [2.75, 3.05) is 6.61 Å². The van der Waals surface area contributed by atoms with Crippen molar-refractivity contribution in [2.45, 2.75) is 51.7 Å². The van der Waals surface area contributed by atoms with Crippen molar-refractivity contribution in [1.82, 2.24) is 10.5 Å². The Bertz CT molecular complexity index is 387. The summed E-state index contributed by atoms with van der Waals surface area (Å²) in [6.07, 6.45) is 5.64. The van der Waals surface area contributed by atoms with Crippen molar-refractivity contribution < 1.29 is 14.1 Å². The number of nitrogens with one attached hydrogen (secondary N) is 1. The van der Waals surface area contributed by atoms with Gasteiger partial charge in [-0.2, -0.15) is 0 Å². The first-order chi connectivity index (χ1) is 9.24. The Hall–Kier alpha value is -1.36. The zero-order chi connectivity index (χ0) is 13.7. The summed E-state index contributed by atoms with van der Waals surface area (Å²) in [6.45, 7) is 5.09. The van der Waals surface area contributed by atoms with Crippen LogP contribution in [0.3, 0.4) is 0 Å². The summed E-state index contributed by atoms with van der Waals surface area (Å²) in [5.74, 6) is 0.413. The van der Waals surface area contributed by atoms with E-state index in [9.17, 15) is 4.79 Å². The van der Waals surface area contributed by atoms with Crippen LogP contribution < -0.4 is 5.32 Å². The van der Waals surface area contributed by atoms with Crippen LogP contribution in [0.4, 0.5) is 0 Å². The van der Waals surface area contributed by atoms with Gasteiger partial charge < -0.3 is 14.6 Å². The number of hydrogen-bond acceptors (Lipinski definition) is 4. The molecule has 0 saturated carbocycles. The van der Waals surface area contributed by atoms with E-state index in [4.69, 9.17) is 4.74 Å². The van der Waals surface area contributed by atoms with Gasteiger partial charge in [-0.3, -0.25) is 4.79 Å². The maximum atomic E-state index is 11.9. The number of aromatic nitrogens is 1. The van der Waals surface area contributed by atoms with E-state index >= 15 is 0 Å². The number of carbonyl (C=O) groups excluding carboxylic acids is 1. The van der Waals surface area contributed by atoms with Gasteiger partial charge in [0.05, 0.1) is 6.10 Å².